The molecule has 1 aromatic carbocycles. The average Bonchev–Trinajstić information content (AvgIpc) is 2.81. The van der Waals surface area contributed by atoms with Gasteiger partial charge >= 0.3 is 0 Å². The lowest BCUT2D eigenvalue weighted by Gasteiger charge is -2.04. The van der Waals surface area contributed by atoms with Crippen LogP contribution in [0.15, 0.2) is 34.6 Å². The molecule has 2 N–H and O–H groups in total. The Morgan fingerprint density at radius 2 is 2.28 bits per heavy atom. The van der Waals surface area contributed by atoms with Gasteiger partial charge in [0.2, 0.25) is 0 Å². The molecule has 0 aliphatic heterocycles. The van der Waals surface area contributed by atoms with Crippen molar-refractivity contribution < 1.29 is 0 Å². The van der Waals surface area contributed by atoms with E-state index in [-0.39, 0.29) is 4.74 Å². The molecule has 0 radical (unpaired) electrons. The molecule has 0 saturated carbocycles. The number of aromatic nitrogens is 3. The first kappa shape index (κ1) is 10.9. The van der Waals surface area contributed by atoms with Gasteiger partial charge in [-0.25, -0.2) is 4.98 Å². The molecule has 0 bridgehead atoms. The molecule has 5 nitrogen and oxygen atoms in total. The van der Waals surface area contributed by atoms with Crippen molar-refractivity contribution in [2.24, 2.45) is 0 Å². The van der Waals surface area contributed by atoms with Gasteiger partial charge < -0.3 is 5.32 Å². The highest BCUT2D eigenvalue weighted by molar-refractivity contribution is 7.07. The quantitative estimate of drug-likeness (QED) is 0.740. The number of aromatic amines is 1. The fraction of sp³-hybridized carbons (Fsp3) is 0.0833. The van der Waals surface area contributed by atoms with E-state index in [0.29, 0.717) is 5.82 Å². The van der Waals surface area contributed by atoms with Crippen molar-refractivity contribution in [1.29, 1.82) is 0 Å². The van der Waals surface area contributed by atoms with Crippen LogP contribution in [0.25, 0.3) is 10.9 Å². The van der Waals surface area contributed by atoms with Crippen LogP contribution in [-0.2, 0) is 0 Å². The minimum atomic E-state index is -0.0760. The number of nitrogens with zero attached hydrogens (tertiary/aromatic N) is 2. The molecule has 3 aromatic rings. The van der Waals surface area contributed by atoms with Crippen molar-refractivity contribution in [1.82, 2.24) is 15.2 Å². The summed E-state index contributed by atoms with van der Waals surface area (Å²) in [5.74, 6) is 0.364. The molecule has 90 valence electrons. The van der Waals surface area contributed by atoms with Gasteiger partial charge in [0.1, 0.15) is 0 Å². The predicted molar refractivity (Wildman–Crippen MR) is 72.5 cm³/mol. The number of benzene rings is 1. The molecule has 0 aliphatic rings. The van der Waals surface area contributed by atoms with Crippen molar-refractivity contribution in [3.05, 3.63) is 45.0 Å². The molecule has 0 spiro atoms. The van der Waals surface area contributed by atoms with Crippen LogP contribution < -0.4 is 10.1 Å². The van der Waals surface area contributed by atoms with Crippen LogP contribution in [0, 0.1) is 6.92 Å². The molecule has 0 aliphatic carbocycles. The largest absolute Gasteiger partial charge is 0.336 e. The van der Waals surface area contributed by atoms with E-state index >= 15 is 0 Å². The zero-order valence-electron chi connectivity index (χ0n) is 9.60. The fourth-order valence-corrected chi connectivity index (χ4v) is 2.22. The van der Waals surface area contributed by atoms with Gasteiger partial charge in [0, 0.05) is 22.1 Å². The van der Waals surface area contributed by atoms with E-state index in [9.17, 15) is 4.79 Å². The second-order valence-electron chi connectivity index (χ2n) is 3.92. The van der Waals surface area contributed by atoms with Gasteiger partial charge in [-0.05, 0) is 25.1 Å². The normalized spacial score (nSPS) is 10.7. The molecule has 2 heterocycles. The lowest BCUT2D eigenvalue weighted by atomic mass is 10.2. The highest BCUT2D eigenvalue weighted by atomic mass is 32.1. The summed E-state index contributed by atoms with van der Waals surface area (Å²) in [6.07, 6.45) is 1.74. The summed E-state index contributed by atoms with van der Waals surface area (Å²) in [4.78, 5) is 15.9. The molecule has 0 atom stereocenters. The summed E-state index contributed by atoms with van der Waals surface area (Å²) in [6, 6.07) is 5.72. The first-order valence-corrected chi connectivity index (χ1v) is 6.27. The molecule has 0 amide bonds. The summed E-state index contributed by atoms with van der Waals surface area (Å²) in [5, 5.41) is 12.6. The molecular weight excluding hydrogens is 248 g/mol. The number of fused-ring (bicyclic) bond motifs is 1. The summed E-state index contributed by atoms with van der Waals surface area (Å²) in [6.45, 7) is 1.86. The number of hydrogen-bond donors (Lipinski definition) is 2. The smallest absolute Gasteiger partial charge is 0.275 e. The molecule has 0 saturated heterocycles. The Kier molecular flexibility index (Phi) is 2.56. The van der Waals surface area contributed by atoms with Crippen LogP contribution in [0.4, 0.5) is 11.5 Å². The van der Waals surface area contributed by atoms with Crippen LogP contribution >= 0.6 is 11.3 Å². The Morgan fingerprint density at radius 1 is 1.39 bits per heavy atom. The van der Waals surface area contributed by atoms with Gasteiger partial charge in [-0.2, -0.15) is 5.10 Å². The SMILES string of the molecule is Cc1csc(=O)c(Nc2ccc3[nH]ncc3c2)n1. The summed E-state index contributed by atoms with van der Waals surface area (Å²) < 4.78 is -0.0760. The van der Waals surface area contributed by atoms with E-state index in [1.165, 1.54) is 0 Å². The number of rotatable bonds is 2. The number of nitrogens with one attached hydrogen (secondary N) is 2. The molecular formula is C12H10N4OS. The Bertz CT molecular complexity index is 762. The first-order valence-electron chi connectivity index (χ1n) is 5.39. The van der Waals surface area contributed by atoms with E-state index in [1.54, 1.807) is 11.6 Å². The second kappa shape index (κ2) is 4.23. The third-order valence-electron chi connectivity index (χ3n) is 2.52. The lowest BCUT2D eigenvalue weighted by molar-refractivity contribution is 1.12. The standard InChI is InChI=1S/C12H10N4OS/c1-7-6-18-12(17)11(14-7)15-9-2-3-10-8(4-9)5-13-16-10/h2-6H,1H3,(H,13,16)(H,14,15). The van der Waals surface area contributed by atoms with Crippen molar-refractivity contribution in [2.45, 2.75) is 6.92 Å². The fourth-order valence-electron chi connectivity index (χ4n) is 1.68. The van der Waals surface area contributed by atoms with Gasteiger partial charge in [-0.1, -0.05) is 11.3 Å². The minimum absolute atomic E-state index is 0.0760. The maximum Gasteiger partial charge on any atom is 0.275 e. The predicted octanol–water partition coefficient (Wildman–Crippen LogP) is 2.43. The molecule has 0 unspecified atom stereocenters. The molecule has 6 heteroatoms. The third-order valence-corrected chi connectivity index (χ3v) is 3.39. The van der Waals surface area contributed by atoms with Gasteiger partial charge in [-0.3, -0.25) is 9.89 Å². The maximum absolute atomic E-state index is 11.7. The Labute approximate surface area is 107 Å². The van der Waals surface area contributed by atoms with Gasteiger partial charge in [0.05, 0.1) is 11.7 Å². The third kappa shape index (κ3) is 1.98. The number of aryl methyl sites for hydroxylation is 1. The van der Waals surface area contributed by atoms with Gasteiger partial charge in [0.15, 0.2) is 5.82 Å². The van der Waals surface area contributed by atoms with Crippen LogP contribution in [0.3, 0.4) is 0 Å². The van der Waals surface area contributed by atoms with Crippen molar-refractivity contribution in [3.63, 3.8) is 0 Å². The highest BCUT2D eigenvalue weighted by Gasteiger charge is 2.04. The summed E-state index contributed by atoms with van der Waals surface area (Å²) >= 11 is 1.15. The first-order chi connectivity index (χ1) is 8.72. The van der Waals surface area contributed by atoms with Crippen molar-refractivity contribution >= 4 is 33.7 Å². The van der Waals surface area contributed by atoms with Crippen LogP contribution in [-0.4, -0.2) is 15.2 Å². The topological polar surface area (TPSA) is 70.7 Å². The van der Waals surface area contributed by atoms with Crippen LogP contribution in [0.1, 0.15) is 5.69 Å². The average molecular weight is 258 g/mol. The highest BCUT2D eigenvalue weighted by Crippen LogP contribution is 2.19. The van der Waals surface area contributed by atoms with E-state index in [4.69, 9.17) is 0 Å². The second-order valence-corrected chi connectivity index (χ2v) is 4.76. The Hall–Kier alpha value is -2.21. The summed E-state index contributed by atoms with van der Waals surface area (Å²) in [5.41, 5.74) is 2.61. The zero-order chi connectivity index (χ0) is 12.5. The molecule has 3 rings (SSSR count). The Morgan fingerprint density at radius 3 is 3.17 bits per heavy atom. The molecule has 18 heavy (non-hydrogen) atoms. The van der Waals surface area contributed by atoms with Crippen molar-refractivity contribution in [3.8, 4) is 0 Å². The van der Waals surface area contributed by atoms with Gasteiger partial charge in [0.25, 0.3) is 4.74 Å². The number of H-pyrrole nitrogens is 1. The lowest BCUT2D eigenvalue weighted by Crippen LogP contribution is -2.07. The van der Waals surface area contributed by atoms with E-state index < -0.39 is 0 Å². The zero-order valence-corrected chi connectivity index (χ0v) is 10.4. The molecule has 2 aromatic heterocycles. The van der Waals surface area contributed by atoms with Gasteiger partial charge in [-0.15, -0.1) is 0 Å². The minimum Gasteiger partial charge on any atom is -0.336 e. The number of anilines is 2. The maximum atomic E-state index is 11.7. The summed E-state index contributed by atoms with van der Waals surface area (Å²) in [7, 11) is 0. The Balaban J connectivity index is 2.00. The van der Waals surface area contributed by atoms with Crippen LogP contribution in [0.2, 0.25) is 0 Å². The van der Waals surface area contributed by atoms with E-state index in [2.05, 4.69) is 20.5 Å². The van der Waals surface area contributed by atoms with Crippen LogP contribution in [0.5, 0.6) is 0 Å². The molecule has 0 fully saturated rings. The van der Waals surface area contributed by atoms with E-state index in [1.807, 2.05) is 25.1 Å². The number of hydrogen-bond acceptors (Lipinski definition) is 5. The monoisotopic (exact) mass is 258 g/mol. The van der Waals surface area contributed by atoms with Crippen molar-refractivity contribution in [2.75, 3.05) is 5.32 Å². The van der Waals surface area contributed by atoms with E-state index in [0.717, 1.165) is 33.6 Å².